The van der Waals surface area contributed by atoms with Crippen LogP contribution >= 0.6 is 12.4 Å². The molecule has 1 aromatic carbocycles. The third-order valence-electron chi connectivity index (χ3n) is 3.92. The average Bonchev–Trinajstić information content (AvgIpc) is 2.94. The standard InChI is InChI=1S/C17H26N2O2.ClH/c1-13(2)12-21-15-9-10-19(11-15)16(20)17(3,18)14-7-5-4-6-8-14;/h4-8,13,15H,9-12,18H2,1-3H3;1H. The zero-order valence-electron chi connectivity index (χ0n) is 13.6. The molecule has 1 heterocycles. The highest BCUT2D eigenvalue weighted by Gasteiger charge is 2.37. The zero-order valence-corrected chi connectivity index (χ0v) is 14.4. The highest BCUT2D eigenvalue weighted by Crippen LogP contribution is 2.24. The summed E-state index contributed by atoms with van der Waals surface area (Å²) in [5.41, 5.74) is 6.17. The van der Waals surface area contributed by atoms with Gasteiger partial charge < -0.3 is 15.4 Å². The molecule has 1 fully saturated rings. The molecule has 4 nitrogen and oxygen atoms in total. The smallest absolute Gasteiger partial charge is 0.247 e. The van der Waals surface area contributed by atoms with Crippen LogP contribution in [0.4, 0.5) is 0 Å². The summed E-state index contributed by atoms with van der Waals surface area (Å²) in [5, 5.41) is 0. The molecule has 2 unspecified atom stereocenters. The van der Waals surface area contributed by atoms with E-state index in [4.69, 9.17) is 10.5 Å². The van der Waals surface area contributed by atoms with Crippen molar-refractivity contribution in [2.24, 2.45) is 11.7 Å². The Kier molecular flexibility index (Phi) is 6.85. The van der Waals surface area contributed by atoms with Crippen LogP contribution in [0.2, 0.25) is 0 Å². The Hall–Kier alpha value is -1.10. The molecule has 22 heavy (non-hydrogen) atoms. The van der Waals surface area contributed by atoms with E-state index in [2.05, 4.69) is 13.8 Å². The second-order valence-corrected chi connectivity index (χ2v) is 6.46. The van der Waals surface area contributed by atoms with Crippen LogP contribution in [0.3, 0.4) is 0 Å². The number of likely N-dealkylation sites (tertiary alicyclic amines) is 1. The summed E-state index contributed by atoms with van der Waals surface area (Å²) >= 11 is 0. The van der Waals surface area contributed by atoms with Crippen molar-refractivity contribution in [2.75, 3.05) is 19.7 Å². The topological polar surface area (TPSA) is 55.6 Å². The highest BCUT2D eigenvalue weighted by molar-refractivity contribution is 5.87. The molecule has 0 bridgehead atoms. The lowest BCUT2D eigenvalue weighted by molar-refractivity contribution is -0.136. The molecule has 1 aliphatic rings. The van der Waals surface area contributed by atoms with Gasteiger partial charge in [0.25, 0.3) is 0 Å². The lowest BCUT2D eigenvalue weighted by Gasteiger charge is -2.29. The number of hydrogen-bond acceptors (Lipinski definition) is 3. The summed E-state index contributed by atoms with van der Waals surface area (Å²) in [6.07, 6.45) is 1.03. The second-order valence-electron chi connectivity index (χ2n) is 6.46. The van der Waals surface area contributed by atoms with Crippen molar-refractivity contribution in [1.82, 2.24) is 4.90 Å². The molecule has 124 valence electrons. The number of halogens is 1. The van der Waals surface area contributed by atoms with E-state index in [9.17, 15) is 4.79 Å². The normalized spacial score (nSPS) is 20.6. The molecule has 0 aliphatic carbocycles. The fourth-order valence-corrected chi connectivity index (χ4v) is 2.61. The summed E-state index contributed by atoms with van der Waals surface area (Å²) in [5.74, 6) is 0.489. The molecule has 2 rings (SSSR count). The number of rotatable bonds is 5. The monoisotopic (exact) mass is 326 g/mol. The molecule has 1 saturated heterocycles. The third-order valence-corrected chi connectivity index (χ3v) is 3.92. The Balaban J connectivity index is 0.00000242. The van der Waals surface area contributed by atoms with Crippen molar-refractivity contribution in [3.63, 3.8) is 0 Å². The van der Waals surface area contributed by atoms with Gasteiger partial charge in [-0.3, -0.25) is 4.79 Å². The van der Waals surface area contributed by atoms with E-state index in [1.54, 1.807) is 6.92 Å². The minimum atomic E-state index is -0.978. The predicted molar refractivity (Wildman–Crippen MR) is 91.0 cm³/mol. The van der Waals surface area contributed by atoms with E-state index >= 15 is 0 Å². The largest absolute Gasteiger partial charge is 0.376 e. The van der Waals surface area contributed by atoms with Crippen LogP contribution in [-0.2, 0) is 15.1 Å². The molecule has 1 aromatic rings. The van der Waals surface area contributed by atoms with Gasteiger partial charge in [0.1, 0.15) is 5.54 Å². The Labute approximate surface area is 139 Å². The number of nitrogens with two attached hydrogens (primary N) is 1. The van der Waals surface area contributed by atoms with Gasteiger partial charge in [-0.1, -0.05) is 44.2 Å². The third kappa shape index (κ3) is 4.45. The maximum atomic E-state index is 12.7. The van der Waals surface area contributed by atoms with Crippen LogP contribution in [-0.4, -0.2) is 36.6 Å². The first-order valence-electron chi connectivity index (χ1n) is 7.66. The van der Waals surface area contributed by atoms with Crippen molar-refractivity contribution >= 4 is 18.3 Å². The van der Waals surface area contributed by atoms with Gasteiger partial charge in [0.05, 0.1) is 6.10 Å². The van der Waals surface area contributed by atoms with Gasteiger partial charge in [-0.15, -0.1) is 12.4 Å². The number of carbonyl (C=O) groups excluding carboxylic acids is 1. The van der Waals surface area contributed by atoms with E-state index in [0.29, 0.717) is 12.5 Å². The molecule has 1 amide bonds. The van der Waals surface area contributed by atoms with Crippen molar-refractivity contribution in [3.05, 3.63) is 35.9 Å². The zero-order chi connectivity index (χ0) is 15.5. The summed E-state index contributed by atoms with van der Waals surface area (Å²) < 4.78 is 5.83. The Bertz CT molecular complexity index is 477. The van der Waals surface area contributed by atoms with Crippen LogP contribution in [0.5, 0.6) is 0 Å². The summed E-state index contributed by atoms with van der Waals surface area (Å²) in [7, 11) is 0. The lowest BCUT2D eigenvalue weighted by Crippen LogP contribution is -2.50. The van der Waals surface area contributed by atoms with E-state index in [-0.39, 0.29) is 24.4 Å². The second kappa shape index (κ2) is 7.95. The van der Waals surface area contributed by atoms with Gasteiger partial charge in [-0.2, -0.15) is 0 Å². The first-order valence-corrected chi connectivity index (χ1v) is 7.66. The molecule has 0 aromatic heterocycles. The molecule has 5 heteroatoms. The van der Waals surface area contributed by atoms with Gasteiger partial charge in [0.2, 0.25) is 5.91 Å². The number of nitrogens with zero attached hydrogens (tertiary/aromatic N) is 1. The number of benzene rings is 1. The fourth-order valence-electron chi connectivity index (χ4n) is 2.61. The maximum Gasteiger partial charge on any atom is 0.247 e. The van der Waals surface area contributed by atoms with E-state index in [1.165, 1.54) is 0 Å². The number of carbonyl (C=O) groups is 1. The van der Waals surface area contributed by atoms with Crippen LogP contribution < -0.4 is 5.73 Å². The highest BCUT2D eigenvalue weighted by atomic mass is 35.5. The lowest BCUT2D eigenvalue weighted by atomic mass is 9.92. The van der Waals surface area contributed by atoms with Crippen molar-refractivity contribution in [2.45, 2.75) is 38.8 Å². The number of amides is 1. The van der Waals surface area contributed by atoms with E-state index in [0.717, 1.165) is 25.1 Å². The first-order chi connectivity index (χ1) is 9.91. The Morgan fingerprint density at radius 2 is 2.05 bits per heavy atom. The molecule has 2 atom stereocenters. The summed E-state index contributed by atoms with van der Waals surface area (Å²) in [4.78, 5) is 14.5. The number of hydrogen-bond donors (Lipinski definition) is 1. The predicted octanol–water partition coefficient (Wildman–Crippen LogP) is 2.56. The minimum absolute atomic E-state index is 0. The molecule has 1 aliphatic heterocycles. The van der Waals surface area contributed by atoms with Crippen LogP contribution in [0.1, 0.15) is 32.8 Å². The SMILES string of the molecule is CC(C)COC1CCN(C(=O)C(C)(N)c2ccccc2)C1.Cl. The summed E-state index contributed by atoms with van der Waals surface area (Å²) in [6.45, 7) is 8.15. The molecule has 0 saturated carbocycles. The molecular weight excluding hydrogens is 300 g/mol. The van der Waals surface area contributed by atoms with E-state index < -0.39 is 5.54 Å². The van der Waals surface area contributed by atoms with Gasteiger partial charge in [0.15, 0.2) is 0 Å². The molecule has 2 N–H and O–H groups in total. The molecular formula is C17H27ClN2O2. The fraction of sp³-hybridized carbons (Fsp3) is 0.588. The van der Waals surface area contributed by atoms with Gasteiger partial charge in [0, 0.05) is 19.7 Å². The van der Waals surface area contributed by atoms with Gasteiger partial charge in [-0.25, -0.2) is 0 Å². The van der Waals surface area contributed by atoms with Crippen LogP contribution in [0, 0.1) is 5.92 Å². The van der Waals surface area contributed by atoms with Crippen LogP contribution in [0.15, 0.2) is 30.3 Å². The van der Waals surface area contributed by atoms with Crippen molar-refractivity contribution < 1.29 is 9.53 Å². The first kappa shape index (κ1) is 18.9. The Morgan fingerprint density at radius 3 is 2.64 bits per heavy atom. The van der Waals surface area contributed by atoms with Crippen molar-refractivity contribution in [3.8, 4) is 0 Å². The average molecular weight is 327 g/mol. The quantitative estimate of drug-likeness (QED) is 0.904. The maximum absolute atomic E-state index is 12.7. The van der Waals surface area contributed by atoms with Crippen molar-refractivity contribution in [1.29, 1.82) is 0 Å². The van der Waals surface area contributed by atoms with Gasteiger partial charge >= 0.3 is 0 Å². The Morgan fingerprint density at radius 1 is 1.41 bits per heavy atom. The van der Waals surface area contributed by atoms with Crippen LogP contribution in [0.25, 0.3) is 0 Å². The van der Waals surface area contributed by atoms with Gasteiger partial charge in [-0.05, 0) is 24.8 Å². The molecule has 0 spiro atoms. The van der Waals surface area contributed by atoms with E-state index in [1.807, 2.05) is 35.2 Å². The molecule has 0 radical (unpaired) electrons. The minimum Gasteiger partial charge on any atom is -0.376 e. The summed E-state index contributed by atoms with van der Waals surface area (Å²) in [6, 6.07) is 9.55. The number of ether oxygens (including phenoxy) is 1.